The number of hydrogen-bond acceptors (Lipinski definition) is 2. The van der Waals surface area contributed by atoms with E-state index in [2.05, 4.69) is 27.3 Å². The lowest BCUT2D eigenvalue weighted by Crippen LogP contribution is -1.95. The fourth-order valence-electron chi connectivity index (χ4n) is 1.63. The first kappa shape index (κ1) is 14.2. The molecular formula is C14H9BrCl2N2. The van der Waals surface area contributed by atoms with Crippen LogP contribution < -0.4 is 5.32 Å². The Kier molecular flexibility index (Phi) is 4.36. The summed E-state index contributed by atoms with van der Waals surface area (Å²) in [6.45, 7) is 1.89. The fraction of sp³-hybridized carbons (Fsp3) is 0.0714. The van der Waals surface area contributed by atoms with E-state index in [-0.39, 0.29) is 0 Å². The Morgan fingerprint density at radius 2 is 1.89 bits per heavy atom. The summed E-state index contributed by atoms with van der Waals surface area (Å²) in [6.07, 6.45) is 0. The van der Waals surface area contributed by atoms with Gasteiger partial charge in [0.1, 0.15) is 6.07 Å². The van der Waals surface area contributed by atoms with Crippen molar-refractivity contribution in [3.8, 4) is 6.07 Å². The summed E-state index contributed by atoms with van der Waals surface area (Å²) in [5, 5.41) is 13.5. The van der Waals surface area contributed by atoms with Gasteiger partial charge in [0.05, 0.1) is 22.0 Å². The molecule has 2 rings (SSSR count). The molecule has 0 heterocycles. The molecule has 0 bridgehead atoms. The van der Waals surface area contributed by atoms with Crippen molar-refractivity contribution in [3.05, 3.63) is 56.0 Å². The average molecular weight is 356 g/mol. The molecule has 0 saturated heterocycles. The summed E-state index contributed by atoms with van der Waals surface area (Å²) in [4.78, 5) is 0. The molecule has 0 radical (unpaired) electrons. The highest BCUT2D eigenvalue weighted by Crippen LogP contribution is 2.33. The van der Waals surface area contributed by atoms with E-state index in [0.717, 1.165) is 10.0 Å². The van der Waals surface area contributed by atoms with Crippen molar-refractivity contribution in [2.24, 2.45) is 0 Å². The summed E-state index contributed by atoms with van der Waals surface area (Å²) in [5.41, 5.74) is 2.78. The minimum Gasteiger partial charge on any atom is -0.353 e. The van der Waals surface area contributed by atoms with Crippen LogP contribution >= 0.6 is 39.1 Å². The normalized spacial score (nSPS) is 10.1. The quantitative estimate of drug-likeness (QED) is 0.752. The molecule has 0 aliphatic carbocycles. The third-order valence-electron chi connectivity index (χ3n) is 2.64. The molecule has 5 heteroatoms. The highest BCUT2D eigenvalue weighted by molar-refractivity contribution is 9.10. The Hall–Kier alpha value is -1.21. The van der Waals surface area contributed by atoms with Gasteiger partial charge in [0.25, 0.3) is 0 Å². The second kappa shape index (κ2) is 5.83. The molecule has 0 saturated carbocycles. The van der Waals surface area contributed by atoms with Gasteiger partial charge in [-0.2, -0.15) is 5.26 Å². The zero-order valence-corrected chi connectivity index (χ0v) is 13.1. The highest BCUT2D eigenvalue weighted by atomic mass is 79.9. The van der Waals surface area contributed by atoms with Crippen LogP contribution in [0.2, 0.25) is 10.0 Å². The van der Waals surface area contributed by atoms with Crippen LogP contribution in [0.1, 0.15) is 11.1 Å². The van der Waals surface area contributed by atoms with Crippen LogP contribution in [0.3, 0.4) is 0 Å². The number of anilines is 2. The molecule has 0 unspecified atom stereocenters. The Balaban J connectivity index is 2.45. The van der Waals surface area contributed by atoms with Crippen molar-refractivity contribution in [3.63, 3.8) is 0 Å². The lowest BCUT2D eigenvalue weighted by Gasteiger charge is -2.12. The van der Waals surface area contributed by atoms with Crippen LogP contribution in [-0.2, 0) is 0 Å². The lowest BCUT2D eigenvalue weighted by molar-refractivity contribution is 1.42. The van der Waals surface area contributed by atoms with Crippen molar-refractivity contribution in [1.82, 2.24) is 0 Å². The molecule has 1 N–H and O–H groups in total. The van der Waals surface area contributed by atoms with Crippen molar-refractivity contribution in [2.45, 2.75) is 6.92 Å². The van der Waals surface area contributed by atoms with Crippen LogP contribution in [0.4, 0.5) is 11.4 Å². The largest absolute Gasteiger partial charge is 0.353 e. The zero-order valence-electron chi connectivity index (χ0n) is 9.97. The molecule has 19 heavy (non-hydrogen) atoms. The van der Waals surface area contributed by atoms with Gasteiger partial charge in [-0.25, -0.2) is 0 Å². The van der Waals surface area contributed by atoms with Crippen molar-refractivity contribution >= 4 is 50.5 Å². The number of nitriles is 1. The van der Waals surface area contributed by atoms with Gasteiger partial charge in [0, 0.05) is 9.50 Å². The number of aryl methyl sites for hydroxylation is 1. The molecule has 0 spiro atoms. The van der Waals surface area contributed by atoms with E-state index in [0.29, 0.717) is 27.0 Å². The van der Waals surface area contributed by atoms with Gasteiger partial charge in [-0.05, 0) is 52.7 Å². The summed E-state index contributed by atoms with van der Waals surface area (Å²) < 4.78 is 0.731. The predicted octanol–water partition coefficient (Wildman–Crippen LogP) is 5.68. The highest BCUT2D eigenvalue weighted by Gasteiger charge is 2.09. The van der Waals surface area contributed by atoms with E-state index in [4.69, 9.17) is 28.5 Å². The van der Waals surface area contributed by atoms with Gasteiger partial charge in [-0.1, -0.05) is 29.3 Å². The number of nitrogens with one attached hydrogen (secondary N) is 1. The van der Waals surface area contributed by atoms with E-state index in [9.17, 15) is 0 Å². The van der Waals surface area contributed by atoms with E-state index in [1.165, 1.54) is 0 Å². The second-order valence-corrected chi connectivity index (χ2v) is 5.65. The Morgan fingerprint density at radius 1 is 1.16 bits per heavy atom. The second-order valence-electron chi connectivity index (χ2n) is 3.98. The number of benzene rings is 2. The van der Waals surface area contributed by atoms with E-state index >= 15 is 0 Å². The fourth-order valence-corrected chi connectivity index (χ4v) is 2.51. The topological polar surface area (TPSA) is 35.8 Å². The predicted molar refractivity (Wildman–Crippen MR) is 83.3 cm³/mol. The van der Waals surface area contributed by atoms with Crippen molar-refractivity contribution in [1.29, 1.82) is 5.26 Å². The van der Waals surface area contributed by atoms with Gasteiger partial charge in [0.2, 0.25) is 0 Å². The van der Waals surface area contributed by atoms with Crippen LogP contribution in [0.15, 0.2) is 34.8 Å². The van der Waals surface area contributed by atoms with Gasteiger partial charge < -0.3 is 5.32 Å². The third kappa shape index (κ3) is 3.03. The summed E-state index contributed by atoms with van der Waals surface area (Å²) in [6, 6.07) is 11.2. The Labute approximate surface area is 130 Å². The molecular weight excluding hydrogens is 347 g/mol. The van der Waals surface area contributed by atoms with Gasteiger partial charge in [0.15, 0.2) is 0 Å². The molecule has 0 aliphatic heterocycles. The first-order valence-corrected chi connectivity index (χ1v) is 6.99. The SMILES string of the molecule is Cc1cc(Cl)c(Nc2cccc(Br)c2C#N)cc1Cl. The van der Waals surface area contributed by atoms with E-state index in [1.807, 2.05) is 25.1 Å². The van der Waals surface area contributed by atoms with E-state index in [1.54, 1.807) is 12.1 Å². The zero-order chi connectivity index (χ0) is 14.0. The van der Waals surface area contributed by atoms with Crippen LogP contribution in [0.5, 0.6) is 0 Å². The number of nitrogens with zero attached hydrogens (tertiary/aromatic N) is 1. The molecule has 2 aromatic rings. The molecule has 0 amide bonds. The van der Waals surface area contributed by atoms with E-state index < -0.39 is 0 Å². The molecule has 96 valence electrons. The summed E-state index contributed by atoms with van der Waals surface area (Å²) >= 11 is 15.6. The Morgan fingerprint density at radius 3 is 2.58 bits per heavy atom. The molecule has 0 atom stereocenters. The smallest absolute Gasteiger partial charge is 0.103 e. The minimum absolute atomic E-state index is 0.523. The van der Waals surface area contributed by atoms with Gasteiger partial charge >= 0.3 is 0 Å². The average Bonchev–Trinajstić information content (AvgIpc) is 2.36. The Bertz CT molecular complexity index is 678. The number of hydrogen-bond donors (Lipinski definition) is 1. The molecule has 2 aromatic carbocycles. The standard InChI is InChI=1S/C14H9BrCl2N2/c1-8-5-12(17)14(6-11(8)16)19-13-4-2-3-10(15)9(13)7-18/h2-6,19H,1H3. The van der Waals surface area contributed by atoms with Gasteiger partial charge in [-0.3, -0.25) is 0 Å². The molecule has 0 aromatic heterocycles. The number of halogens is 3. The van der Waals surface area contributed by atoms with Crippen molar-refractivity contribution in [2.75, 3.05) is 5.32 Å². The van der Waals surface area contributed by atoms with Crippen LogP contribution in [-0.4, -0.2) is 0 Å². The van der Waals surface area contributed by atoms with Gasteiger partial charge in [-0.15, -0.1) is 0 Å². The molecule has 0 aliphatic rings. The maximum absolute atomic E-state index is 9.17. The maximum Gasteiger partial charge on any atom is 0.103 e. The number of rotatable bonds is 2. The maximum atomic E-state index is 9.17. The lowest BCUT2D eigenvalue weighted by atomic mass is 10.1. The molecule has 2 nitrogen and oxygen atoms in total. The summed E-state index contributed by atoms with van der Waals surface area (Å²) in [7, 11) is 0. The third-order valence-corrected chi connectivity index (χ3v) is 4.02. The first-order chi connectivity index (χ1) is 9.02. The van der Waals surface area contributed by atoms with Crippen molar-refractivity contribution < 1.29 is 0 Å². The first-order valence-electron chi connectivity index (χ1n) is 5.44. The van der Waals surface area contributed by atoms with Crippen LogP contribution in [0.25, 0.3) is 0 Å². The summed E-state index contributed by atoms with van der Waals surface area (Å²) in [5.74, 6) is 0. The monoisotopic (exact) mass is 354 g/mol. The molecule has 0 fully saturated rings. The van der Waals surface area contributed by atoms with Crippen LogP contribution in [0, 0.1) is 18.3 Å². The minimum atomic E-state index is 0.523.